The standard InChI is InChI=1S/C18H16ClN3O3/c19-14-7-6-13(10-15(14)20)18(24)25-11-17(23)22-9-8-16(21-22)12-4-2-1-3-5-12/h1-7,10H,8-9,11,20H2. The van der Waals surface area contributed by atoms with Gasteiger partial charge in [0.05, 0.1) is 28.5 Å². The Bertz CT molecular complexity index is 837. The first kappa shape index (κ1) is 17.0. The molecular formula is C18H16ClN3O3. The third-order valence-electron chi connectivity index (χ3n) is 3.76. The summed E-state index contributed by atoms with van der Waals surface area (Å²) in [5.74, 6) is -1.01. The van der Waals surface area contributed by atoms with E-state index in [1.165, 1.54) is 23.2 Å². The number of rotatable bonds is 4. The number of carbonyl (C=O) groups is 2. The van der Waals surface area contributed by atoms with E-state index in [0.29, 0.717) is 18.0 Å². The van der Waals surface area contributed by atoms with Crippen LogP contribution in [0.4, 0.5) is 5.69 Å². The van der Waals surface area contributed by atoms with Gasteiger partial charge in [-0.2, -0.15) is 5.10 Å². The Balaban J connectivity index is 1.58. The lowest BCUT2D eigenvalue weighted by Gasteiger charge is -2.11. The van der Waals surface area contributed by atoms with Crippen LogP contribution in [-0.4, -0.2) is 35.7 Å². The minimum Gasteiger partial charge on any atom is -0.452 e. The molecule has 2 N–H and O–H groups in total. The van der Waals surface area contributed by atoms with E-state index in [4.69, 9.17) is 22.1 Å². The number of nitrogens with two attached hydrogens (primary N) is 1. The summed E-state index contributed by atoms with van der Waals surface area (Å²) in [7, 11) is 0. The maximum atomic E-state index is 12.2. The minimum atomic E-state index is -0.636. The molecule has 0 fully saturated rings. The molecule has 3 rings (SSSR count). The van der Waals surface area contributed by atoms with Crippen LogP contribution in [0.5, 0.6) is 0 Å². The number of hydrogen-bond donors (Lipinski definition) is 1. The first-order valence-corrected chi connectivity index (χ1v) is 8.08. The van der Waals surface area contributed by atoms with Crippen LogP contribution in [0.2, 0.25) is 5.02 Å². The fourth-order valence-corrected chi connectivity index (χ4v) is 2.54. The molecular weight excluding hydrogens is 342 g/mol. The van der Waals surface area contributed by atoms with Crippen molar-refractivity contribution in [3.05, 3.63) is 64.7 Å². The van der Waals surface area contributed by atoms with E-state index in [1.807, 2.05) is 30.3 Å². The van der Waals surface area contributed by atoms with Gasteiger partial charge in [0.25, 0.3) is 5.91 Å². The molecule has 1 aliphatic rings. The Morgan fingerprint density at radius 3 is 2.68 bits per heavy atom. The molecule has 0 spiro atoms. The highest BCUT2D eigenvalue weighted by atomic mass is 35.5. The first-order chi connectivity index (χ1) is 12.0. The zero-order valence-electron chi connectivity index (χ0n) is 13.3. The summed E-state index contributed by atoms with van der Waals surface area (Å²) in [5.41, 5.74) is 7.99. The molecule has 0 aromatic heterocycles. The van der Waals surface area contributed by atoms with Gasteiger partial charge in [-0.25, -0.2) is 9.80 Å². The molecule has 1 aliphatic heterocycles. The van der Waals surface area contributed by atoms with Crippen LogP contribution in [0.25, 0.3) is 0 Å². The van der Waals surface area contributed by atoms with E-state index in [0.717, 1.165) is 11.3 Å². The average Bonchev–Trinajstić information content (AvgIpc) is 3.12. The number of benzene rings is 2. The van der Waals surface area contributed by atoms with Crippen LogP contribution >= 0.6 is 11.6 Å². The van der Waals surface area contributed by atoms with Crippen LogP contribution in [0.3, 0.4) is 0 Å². The van der Waals surface area contributed by atoms with Gasteiger partial charge in [0, 0.05) is 6.42 Å². The number of esters is 1. The Hall–Kier alpha value is -2.86. The largest absolute Gasteiger partial charge is 0.452 e. The SMILES string of the molecule is Nc1cc(C(=O)OCC(=O)N2CCC(c3ccccc3)=N2)ccc1Cl. The Morgan fingerprint density at radius 2 is 1.96 bits per heavy atom. The predicted molar refractivity (Wildman–Crippen MR) is 95.5 cm³/mol. The van der Waals surface area contributed by atoms with E-state index in [2.05, 4.69) is 5.10 Å². The number of ether oxygens (including phenoxy) is 1. The first-order valence-electron chi connectivity index (χ1n) is 7.70. The molecule has 1 heterocycles. The normalized spacial score (nSPS) is 13.5. The Morgan fingerprint density at radius 1 is 1.20 bits per heavy atom. The molecule has 2 aromatic carbocycles. The number of hydrogen-bond acceptors (Lipinski definition) is 5. The van der Waals surface area contributed by atoms with Gasteiger partial charge in [-0.1, -0.05) is 41.9 Å². The van der Waals surface area contributed by atoms with E-state index in [1.54, 1.807) is 0 Å². The molecule has 128 valence electrons. The minimum absolute atomic E-state index is 0.240. The van der Waals surface area contributed by atoms with Crippen LogP contribution in [0.1, 0.15) is 22.3 Å². The van der Waals surface area contributed by atoms with Gasteiger partial charge in [-0.3, -0.25) is 4.79 Å². The van der Waals surface area contributed by atoms with Crippen LogP contribution in [0.15, 0.2) is 53.6 Å². The summed E-state index contributed by atoms with van der Waals surface area (Å²) in [4.78, 5) is 24.2. The lowest BCUT2D eigenvalue weighted by molar-refractivity contribution is -0.134. The zero-order valence-corrected chi connectivity index (χ0v) is 14.1. The number of nitrogen functional groups attached to an aromatic ring is 1. The van der Waals surface area contributed by atoms with Gasteiger partial charge < -0.3 is 10.5 Å². The number of anilines is 1. The second kappa shape index (κ2) is 7.36. The highest BCUT2D eigenvalue weighted by Gasteiger charge is 2.22. The quantitative estimate of drug-likeness (QED) is 0.673. The summed E-state index contributed by atoms with van der Waals surface area (Å²) < 4.78 is 5.04. The summed E-state index contributed by atoms with van der Waals surface area (Å²) in [6.45, 7) is 0.0848. The number of nitrogens with zero attached hydrogens (tertiary/aromatic N) is 2. The van der Waals surface area contributed by atoms with Crippen molar-refractivity contribution in [1.82, 2.24) is 5.01 Å². The van der Waals surface area contributed by atoms with Gasteiger partial charge in [-0.15, -0.1) is 0 Å². The number of halogens is 1. The molecule has 2 aromatic rings. The monoisotopic (exact) mass is 357 g/mol. The van der Waals surface area contributed by atoms with Crippen molar-refractivity contribution in [2.24, 2.45) is 5.10 Å². The molecule has 0 aliphatic carbocycles. The highest BCUT2D eigenvalue weighted by Crippen LogP contribution is 2.20. The van der Waals surface area contributed by atoms with Crippen molar-refractivity contribution in [3.8, 4) is 0 Å². The molecule has 25 heavy (non-hydrogen) atoms. The smallest absolute Gasteiger partial charge is 0.338 e. The lowest BCUT2D eigenvalue weighted by Crippen LogP contribution is -2.28. The average molecular weight is 358 g/mol. The summed E-state index contributed by atoms with van der Waals surface area (Å²) in [6, 6.07) is 14.1. The Labute approximate surface area is 149 Å². The number of amides is 1. The van der Waals surface area contributed by atoms with Crippen LogP contribution in [-0.2, 0) is 9.53 Å². The summed E-state index contributed by atoms with van der Waals surface area (Å²) in [6.07, 6.45) is 0.664. The molecule has 0 radical (unpaired) electrons. The highest BCUT2D eigenvalue weighted by molar-refractivity contribution is 6.33. The van der Waals surface area contributed by atoms with Crippen molar-refractivity contribution in [2.45, 2.75) is 6.42 Å². The zero-order chi connectivity index (χ0) is 17.8. The third-order valence-corrected chi connectivity index (χ3v) is 4.10. The third kappa shape index (κ3) is 3.97. The molecule has 6 nitrogen and oxygen atoms in total. The molecule has 0 saturated heterocycles. The lowest BCUT2D eigenvalue weighted by atomic mass is 10.1. The predicted octanol–water partition coefficient (Wildman–Crippen LogP) is 2.72. The van der Waals surface area contributed by atoms with E-state index in [9.17, 15) is 9.59 Å². The van der Waals surface area contributed by atoms with Crippen LogP contribution < -0.4 is 5.73 Å². The van der Waals surface area contributed by atoms with Crippen molar-refractivity contribution in [3.63, 3.8) is 0 Å². The molecule has 0 saturated carbocycles. The number of carbonyl (C=O) groups excluding carboxylic acids is 2. The summed E-state index contributed by atoms with van der Waals surface area (Å²) >= 11 is 5.81. The van der Waals surface area contributed by atoms with Gasteiger partial charge in [-0.05, 0) is 23.8 Å². The fraction of sp³-hybridized carbons (Fsp3) is 0.167. The molecule has 1 amide bonds. The second-order valence-electron chi connectivity index (χ2n) is 5.49. The van der Waals surface area contributed by atoms with E-state index < -0.39 is 5.97 Å². The molecule has 0 atom stereocenters. The van der Waals surface area contributed by atoms with Crippen molar-refractivity contribution in [2.75, 3.05) is 18.9 Å². The van der Waals surface area contributed by atoms with Gasteiger partial charge in [0.1, 0.15) is 0 Å². The van der Waals surface area contributed by atoms with E-state index in [-0.39, 0.29) is 23.8 Å². The number of hydrazone groups is 1. The topological polar surface area (TPSA) is 85.0 Å². The fourth-order valence-electron chi connectivity index (χ4n) is 2.43. The van der Waals surface area contributed by atoms with Crippen LogP contribution in [0, 0.1) is 0 Å². The van der Waals surface area contributed by atoms with Gasteiger partial charge >= 0.3 is 5.97 Å². The van der Waals surface area contributed by atoms with Gasteiger partial charge in [0.2, 0.25) is 0 Å². The van der Waals surface area contributed by atoms with E-state index >= 15 is 0 Å². The summed E-state index contributed by atoms with van der Waals surface area (Å²) in [5, 5.41) is 5.99. The van der Waals surface area contributed by atoms with Crippen molar-refractivity contribution >= 4 is 34.9 Å². The molecule has 0 unspecified atom stereocenters. The maximum Gasteiger partial charge on any atom is 0.338 e. The van der Waals surface area contributed by atoms with Crippen molar-refractivity contribution in [1.29, 1.82) is 0 Å². The molecule has 7 heteroatoms. The second-order valence-corrected chi connectivity index (χ2v) is 5.90. The molecule has 0 bridgehead atoms. The Kier molecular flexibility index (Phi) is 5.00. The van der Waals surface area contributed by atoms with Gasteiger partial charge in [0.15, 0.2) is 6.61 Å². The van der Waals surface area contributed by atoms with Crippen molar-refractivity contribution < 1.29 is 14.3 Å². The maximum absolute atomic E-state index is 12.2.